The standard InChI is InChI=1S/C18H16N2O2S/c1-18(2)15-9-12(4-5-16(15)22-17(23)20-18)13-6-11(10-19)7-14(8-13)21-3/h4-9H,1-3H3,(H,20,23). The van der Waals surface area contributed by atoms with E-state index in [9.17, 15) is 5.26 Å². The van der Waals surface area contributed by atoms with E-state index in [0.29, 0.717) is 16.5 Å². The summed E-state index contributed by atoms with van der Waals surface area (Å²) in [5.74, 6) is 1.41. The number of rotatable bonds is 2. The van der Waals surface area contributed by atoms with Gasteiger partial charge in [0.05, 0.1) is 24.3 Å². The number of benzene rings is 2. The first kappa shape index (κ1) is 15.3. The fraction of sp³-hybridized carbons (Fsp3) is 0.222. The molecule has 5 heteroatoms. The van der Waals surface area contributed by atoms with E-state index in [-0.39, 0.29) is 5.54 Å². The van der Waals surface area contributed by atoms with E-state index in [1.54, 1.807) is 13.2 Å². The quantitative estimate of drug-likeness (QED) is 0.853. The third kappa shape index (κ3) is 2.86. The lowest BCUT2D eigenvalue weighted by Gasteiger charge is -2.34. The molecule has 0 saturated heterocycles. The largest absolute Gasteiger partial charge is 0.497 e. The van der Waals surface area contributed by atoms with Crippen LogP contribution in [0.4, 0.5) is 0 Å². The third-order valence-corrected chi connectivity index (χ3v) is 4.06. The number of methoxy groups -OCH3 is 1. The maximum atomic E-state index is 9.18. The number of fused-ring (bicyclic) bond motifs is 1. The Morgan fingerprint density at radius 3 is 2.65 bits per heavy atom. The van der Waals surface area contributed by atoms with Gasteiger partial charge in [0.15, 0.2) is 0 Å². The first-order valence-electron chi connectivity index (χ1n) is 7.17. The molecular formula is C18H16N2O2S. The highest BCUT2D eigenvalue weighted by atomic mass is 32.1. The van der Waals surface area contributed by atoms with Crippen LogP contribution in [0.3, 0.4) is 0 Å². The van der Waals surface area contributed by atoms with Crippen molar-refractivity contribution in [2.45, 2.75) is 19.4 Å². The number of hydrogen-bond donors (Lipinski definition) is 1. The number of ether oxygens (including phenoxy) is 2. The van der Waals surface area contributed by atoms with E-state index < -0.39 is 0 Å². The van der Waals surface area contributed by atoms with Gasteiger partial charge in [-0.1, -0.05) is 6.07 Å². The number of thiocarbonyl (C=S) groups is 1. The molecule has 0 radical (unpaired) electrons. The Labute approximate surface area is 140 Å². The van der Waals surface area contributed by atoms with E-state index in [0.717, 1.165) is 22.4 Å². The summed E-state index contributed by atoms with van der Waals surface area (Å²) in [5, 5.41) is 12.7. The van der Waals surface area contributed by atoms with E-state index in [2.05, 4.69) is 31.3 Å². The Morgan fingerprint density at radius 2 is 1.96 bits per heavy atom. The molecule has 0 aliphatic carbocycles. The SMILES string of the molecule is COc1cc(C#N)cc(-c2ccc3c(c2)C(C)(C)NC(=S)O3)c1. The van der Waals surface area contributed by atoms with Gasteiger partial charge in [-0.2, -0.15) is 5.26 Å². The Kier molecular flexibility index (Phi) is 3.70. The summed E-state index contributed by atoms with van der Waals surface area (Å²) in [4.78, 5) is 0. The Bertz CT molecular complexity index is 837. The van der Waals surface area contributed by atoms with Crippen LogP contribution in [0.25, 0.3) is 11.1 Å². The lowest BCUT2D eigenvalue weighted by molar-refractivity contribution is 0.380. The molecule has 23 heavy (non-hydrogen) atoms. The zero-order chi connectivity index (χ0) is 16.6. The van der Waals surface area contributed by atoms with Crippen molar-refractivity contribution in [2.75, 3.05) is 7.11 Å². The molecule has 0 aromatic heterocycles. The molecule has 0 spiro atoms. The summed E-state index contributed by atoms with van der Waals surface area (Å²) in [6.07, 6.45) is 0. The minimum Gasteiger partial charge on any atom is -0.497 e. The van der Waals surface area contributed by atoms with Crippen molar-refractivity contribution < 1.29 is 9.47 Å². The molecule has 1 heterocycles. The molecule has 0 bridgehead atoms. The Morgan fingerprint density at radius 1 is 1.17 bits per heavy atom. The van der Waals surface area contributed by atoms with Crippen LogP contribution in [0, 0.1) is 11.3 Å². The van der Waals surface area contributed by atoms with E-state index >= 15 is 0 Å². The van der Waals surface area contributed by atoms with Gasteiger partial charge in [0.1, 0.15) is 11.5 Å². The van der Waals surface area contributed by atoms with Gasteiger partial charge in [0.25, 0.3) is 5.17 Å². The maximum Gasteiger partial charge on any atom is 0.262 e. The van der Waals surface area contributed by atoms with Crippen LogP contribution in [0.5, 0.6) is 11.5 Å². The average Bonchev–Trinajstić information content (AvgIpc) is 2.53. The smallest absolute Gasteiger partial charge is 0.262 e. The molecule has 1 aliphatic heterocycles. The van der Waals surface area contributed by atoms with Gasteiger partial charge in [-0.25, -0.2) is 0 Å². The van der Waals surface area contributed by atoms with Crippen LogP contribution in [-0.4, -0.2) is 12.3 Å². The van der Waals surface area contributed by atoms with Crippen LogP contribution in [0.2, 0.25) is 0 Å². The summed E-state index contributed by atoms with van der Waals surface area (Å²) in [6.45, 7) is 4.10. The zero-order valence-corrected chi connectivity index (χ0v) is 14.0. The Balaban J connectivity index is 2.13. The molecule has 0 unspecified atom stereocenters. The monoisotopic (exact) mass is 324 g/mol. The van der Waals surface area contributed by atoms with E-state index in [4.69, 9.17) is 21.7 Å². The summed E-state index contributed by atoms with van der Waals surface area (Å²) in [6, 6.07) is 13.6. The minimum atomic E-state index is -0.322. The van der Waals surface area contributed by atoms with Gasteiger partial charge in [0.2, 0.25) is 0 Å². The van der Waals surface area contributed by atoms with Crippen molar-refractivity contribution in [2.24, 2.45) is 0 Å². The second-order valence-corrected chi connectivity index (χ2v) is 6.28. The number of nitrogens with one attached hydrogen (secondary N) is 1. The number of nitriles is 1. The maximum absolute atomic E-state index is 9.18. The first-order chi connectivity index (χ1) is 10.9. The fourth-order valence-electron chi connectivity index (χ4n) is 2.68. The van der Waals surface area contributed by atoms with Gasteiger partial charge in [0, 0.05) is 5.56 Å². The number of hydrogen-bond acceptors (Lipinski definition) is 4. The second-order valence-electron chi connectivity index (χ2n) is 5.91. The van der Waals surface area contributed by atoms with Crippen LogP contribution in [-0.2, 0) is 5.54 Å². The van der Waals surface area contributed by atoms with Gasteiger partial charge in [-0.15, -0.1) is 0 Å². The van der Waals surface area contributed by atoms with Crippen LogP contribution in [0.15, 0.2) is 36.4 Å². The van der Waals surface area contributed by atoms with Crippen LogP contribution < -0.4 is 14.8 Å². The highest BCUT2D eigenvalue weighted by Crippen LogP contribution is 2.37. The van der Waals surface area contributed by atoms with Crippen molar-refractivity contribution in [3.05, 3.63) is 47.5 Å². The lowest BCUT2D eigenvalue weighted by atomic mass is 9.89. The van der Waals surface area contributed by atoms with E-state index in [1.807, 2.05) is 24.3 Å². The van der Waals surface area contributed by atoms with Crippen molar-refractivity contribution in [1.29, 1.82) is 5.26 Å². The fourth-order valence-corrected chi connectivity index (χ4v) is 3.03. The molecule has 0 amide bonds. The first-order valence-corrected chi connectivity index (χ1v) is 7.58. The molecule has 116 valence electrons. The second kappa shape index (κ2) is 5.56. The third-order valence-electron chi connectivity index (χ3n) is 3.87. The van der Waals surface area contributed by atoms with Gasteiger partial charge in [-0.3, -0.25) is 0 Å². The summed E-state index contributed by atoms with van der Waals surface area (Å²) in [5.41, 5.74) is 3.17. The van der Waals surface area contributed by atoms with Gasteiger partial charge in [-0.05, 0) is 67.5 Å². The summed E-state index contributed by atoms with van der Waals surface area (Å²) >= 11 is 5.14. The molecule has 2 aromatic carbocycles. The highest BCUT2D eigenvalue weighted by molar-refractivity contribution is 7.80. The topological polar surface area (TPSA) is 54.3 Å². The minimum absolute atomic E-state index is 0.322. The molecule has 4 nitrogen and oxygen atoms in total. The normalized spacial score (nSPS) is 15.0. The van der Waals surface area contributed by atoms with Crippen molar-refractivity contribution >= 4 is 17.4 Å². The van der Waals surface area contributed by atoms with Gasteiger partial charge >= 0.3 is 0 Å². The highest BCUT2D eigenvalue weighted by Gasteiger charge is 2.31. The van der Waals surface area contributed by atoms with Crippen molar-refractivity contribution in [1.82, 2.24) is 5.32 Å². The lowest BCUT2D eigenvalue weighted by Crippen LogP contribution is -2.46. The molecule has 1 aliphatic rings. The van der Waals surface area contributed by atoms with Crippen LogP contribution in [0.1, 0.15) is 25.0 Å². The average molecular weight is 324 g/mol. The predicted molar refractivity (Wildman–Crippen MR) is 92.5 cm³/mol. The zero-order valence-electron chi connectivity index (χ0n) is 13.1. The van der Waals surface area contributed by atoms with Crippen molar-refractivity contribution in [3.8, 4) is 28.7 Å². The number of nitrogens with zero attached hydrogens (tertiary/aromatic N) is 1. The predicted octanol–water partition coefficient (Wildman–Crippen LogP) is 3.74. The molecule has 0 fully saturated rings. The molecule has 3 rings (SSSR count). The van der Waals surface area contributed by atoms with Gasteiger partial charge < -0.3 is 14.8 Å². The molecule has 0 atom stereocenters. The van der Waals surface area contributed by atoms with Crippen LogP contribution >= 0.6 is 12.2 Å². The molecule has 2 aromatic rings. The molecule has 1 N–H and O–H groups in total. The Hall–Kier alpha value is -2.58. The molecule has 0 saturated carbocycles. The van der Waals surface area contributed by atoms with E-state index in [1.165, 1.54) is 0 Å². The summed E-state index contributed by atoms with van der Waals surface area (Å²) in [7, 11) is 1.59. The molecular weight excluding hydrogens is 308 g/mol. The summed E-state index contributed by atoms with van der Waals surface area (Å²) < 4.78 is 10.9. The van der Waals surface area contributed by atoms with Crippen molar-refractivity contribution in [3.63, 3.8) is 0 Å².